The van der Waals surface area contributed by atoms with Crippen molar-refractivity contribution in [3.05, 3.63) is 82.5 Å². The number of nitrogens with zero attached hydrogens (tertiary/aromatic N) is 2. The van der Waals surface area contributed by atoms with Crippen LogP contribution in [0.25, 0.3) is 21.8 Å². The van der Waals surface area contributed by atoms with Gasteiger partial charge in [0, 0.05) is 37.3 Å². The third-order valence-electron chi connectivity index (χ3n) is 6.55. The number of aromatic amines is 1. The first-order chi connectivity index (χ1) is 16.0. The number of hydrogen-bond donors (Lipinski definition) is 2. The second kappa shape index (κ2) is 8.83. The average molecular weight is 447 g/mol. The van der Waals surface area contributed by atoms with E-state index in [9.17, 15) is 14.0 Å². The minimum Gasteiger partial charge on any atom is -0.348 e. The monoisotopic (exact) mass is 446 g/mol. The van der Waals surface area contributed by atoms with E-state index in [0.29, 0.717) is 11.1 Å². The van der Waals surface area contributed by atoms with Gasteiger partial charge in [0.05, 0.1) is 5.52 Å². The van der Waals surface area contributed by atoms with Crippen molar-refractivity contribution < 1.29 is 9.18 Å². The zero-order chi connectivity index (χ0) is 22.9. The van der Waals surface area contributed by atoms with E-state index in [1.165, 1.54) is 6.07 Å². The molecule has 0 radical (unpaired) electrons. The number of aromatic nitrogens is 2. The summed E-state index contributed by atoms with van der Waals surface area (Å²) in [6.07, 6.45) is 1.60. The lowest BCUT2D eigenvalue weighted by atomic mass is 10.0. The zero-order valence-corrected chi connectivity index (χ0v) is 18.6. The number of H-pyrrole nitrogens is 1. The maximum absolute atomic E-state index is 14.0. The van der Waals surface area contributed by atoms with E-state index in [2.05, 4.69) is 15.2 Å². The largest absolute Gasteiger partial charge is 0.348 e. The van der Waals surface area contributed by atoms with Gasteiger partial charge in [-0.15, -0.1) is 0 Å². The van der Waals surface area contributed by atoms with Crippen LogP contribution in [0.2, 0.25) is 0 Å². The summed E-state index contributed by atoms with van der Waals surface area (Å²) in [5.74, 6) is -0.479. The fourth-order valence-corrected chi connectivity index (χ4v) is 4.91. The number of nitrogens with one attached hydrogen (secondary N) is 2. The molecule has 3 aromatic carbocycles. The molecular weight excluding hydrogens is 419 g/mol. The Morgan fingerprint density at radius 3 is 2.64 bits per heavy atom. The van der Waals surface area contributed by atoms with Crippen LogP contribution in [0.5, 0.6) is 0 Å². The molecule has 7 heteroatoms. The summed E-state index contributed by atoms with van der Waals surface area (Å²) in [4.78, 5) is 30.2. The summed E-state index contributed by atoms with van der Waals surface area (Å²) in [7, 11) is 0. The van der Waals surface area contributed by atoms with Crippen molar-refractivity contribution in [2.45, 2.75) is 31.8 Å². The van der Waals surface area contributed by atoms with Crippen LogP contribution in [0.4, 0.5) is 4.39 Å². The van der Waals surface area contributed by atoms with Crippen molar-refractivity contribution >= 4 is 27.7 Å². The number of rotatable bonds is 5. The molecule has 2 N–H and O–H groups in total. The van der Waals surface area contributed by atoms with Gasteiger partial charge in [0.2, 0.25) is 0 Å². The van der Waals surface area contributed by atoms with Crippen LogP contribution in [0, 0.1) is 5.82 Å². The molecular formula is C26H27FN4O2. The molecule has 4 aromatic rings. The minimum atomic E-state index is -0.406. The molecule has 33 heavy (non-hydrogen) atoms. The van der Waals surface area contributed by atoms with E-state index in [0.717, 1.165) is 43.2 Å². The van der Waals surface area contributed by atoms with E-state index < -0.39 is 5.82 Å². The summed E-state index contributed by atoms with van der Waals surface area (Å²) >= 11 is 0. The smallest absolute Gasteiger partial charge is 0.326 e. The normalized spacial score (nSPS) is 16.3. The minimum absolute atomic E-state index is 0.00886. The highest BCUT2D eigenvalue weighted by Gasteiger charge is 2.25. The molecule has 0 aliphatic carbocycles. The van der Waals surface area contributed by atoms with Crippen LogP contribution in [-0.2, 0) is 0 Å². The Morgan fingerprint density at radius 1 is 1.09 bits per heavy atom. The van der Waals surface area contributed by atoms with Gasteiger partial charge < -0.3 is 15.2 Å². The van der Waals surface area contributed by atoms with Gasteiger partial charge >= 0.3 is 5.69 Å². The second-order valence-electron chi connectivity index (χ2n) is 8.90. The van der Waals surface area contributed by atoms with Gasteiger partial charge in [-0.3, -0.25) is 9.36 Å². The highest BCUT2D eigenvalue weighted by molar-refractivity contribution is 5.98. The predicted molar refractivity (Wildman–Crippen MR) is 128 cm³/mol. The number of benzene rings is 3. The molecule has 0 spiro atoms. The summed E-state index contributed by atoms with van der Waals surface area (Å²) in [6.45, 7) is 4.38. The molecule has 5 rings (SSSR count). The Labute approximate surface area is 191 Å². The summed E-state index contributed by atoms with van der Waals surface area (Å²) in [5, 5.41) is 5.27. The quantitative estimate of drug-likeness (QED) is 0.485. The molecule has 1 unspecified atom stereocenters. The fraction of sp³-hybridized carbons (Fsp3) is 0.308. The van der Waals surface area contributed by atoms with E-state index >= 15 is 0 Å². The van der Waals surface area contributed by atoms with Crippen molar-refractivity contribution in [2.75, 3.05) is 19.6 Å². The third-order valence-corrected chi connectivity index (χ3v) is 6.55. The highest BCUT2D eigenvalue weighted by atomic mass is 19.1. The number of carbonyl (C=O) groups excluding carboxylic acids is 1. The topological polar surface area (TPSA) is 70.1 Å². The summed E-state index contributed by atoms with van der Waals surface area (Å²) in [6, 6.07) is 18.6. The second-order valence-corrected chi connectivity index (χ2v) is 8.90. The fourth-order valence-electron chi connectivity index (χ4n) is 4.91. The van der Waals surface area contributed by atoms with Crippen molar-refractivity contribution in [3.8, 4) is 0 Å². The summed E-state index contributed by atoms with van der Waals surface area (Å²) < 4.78 is 15.7. The van der Waals surface area contributed by atoms with Gasteiger partial charge in [0.25, 0.3) is 5.91 Å². The van der Waals surface area contributed by atoms with E-state index in [4.69, 9.17) is 0 Å². The van der Waals surface area contributed by atoms with Crippen LogP contribution in [0.1, 0.15) is 36.2 Å². The van der Waals surface area contributed by atoms with Crippen molar-refractivity contribution in [1.29, 1.82) is 0 Å². The Morgan fingerprint density at radius 2 is 1.85 bits per heavy atom. The molecule has 1 amide bonds. The maximum atomic E-state index is 14.0. The first-order valence-electron chi connectivity index (χ1n) is 11.4. The Hall–Kier alpha value is -3.45. The van der Waals surface area contributed by atoms with Crippen LogP contribution in [0.15, 0.2) is 65.5 Å². The molecule has 1 atom stereocenters. The van der Waals surface area contributed by atoms with Gasteiger partial charge in [-0.2, -0.15) is 0 Å². The number of para-hydroxylation sites is 1. The lowest BCUT2D eigenvalue weighted by Gasteiger charge is -2.34. The molecule has 0 saturated carbocycles. The Kier molecular flexibility index (Phi) is 5.72. The Balaban J connectivity index is 1.19. The first-order valence-corrected chi connectivity index (χ1v) is 11.4. The molecule has 1 saturated heterocycles. The van der Waals surface area contributed by atoms with Gasteiger partial charge in [0.1, 0.15) is 11.3 Å². The lowest BCUT2D eigenvalue weighted by Crippen LogP contribution is -2.45. The van der Waals surface area contributed by atoms with E-state index in [1.807, 2.05) is 49.4 Å². The number of likely N-dealkylation sites (tertiary alicyclic amines) is 1. The zero-order valence-electron chi connectivity index (χ0n) is 18.6. The average Bonchev–Trinajstić information content (AvgIpc) is 3.16. The Bertz CT molecular complexity index is 1370. The molecule has 1 aromatic heterocycles. The van der Waals surface area contributed by atoms with Crippen LogP contribution < -0.4 is 11.0 Å². The van der Waals surface area contributed by atoms with E-state index in [1.54, 1.807) is 16.7 Å². The number of hydrogen-bond acceptors (Lipinski definition) is 3. The molecule has 1 aliphatic rings. The number of piperidine rings is 1. The first kappa shape index (κ1) is 21.4. The number of halogens is 1. The summed E-state index contributed by atoms with van der Waals surface area (Å²) in [5.41, 5.74) is 1.29. The standard InChI is InChI=1S/C26H27FN4O2/c1-17(28-25(32)20-10-9-18-5-2-3-6-19(18)15-20)16-30-13-11-21(12-14-30)31-23-8-4-7-22(27)24(23)29-26(31)33/h2-10,15,17,21H,11-14,16H2,1H3,(H,28,32)(H,29,33). The van der Waals surface area contributed by atoms with Crippen molar-refractivity contribution in [3.63, 3.8) is 0 Å². The third kappa shape index (κ3) is 4.28. The predicted octanol–water partition coefficient (Wildman–Crippen LogP) is 4.08. The van der Waals surface area contributed by atoms with Gasteiger partial charge in [-0.05, 0) is 54.8 Å². The van der Waals surface area contributed by atoms with Gasteiger partial charge in [-0.1, -0.05) is 36.4 Å². The van der Waals surface area contributed by atoms with Crippen molar-refractivity contribution in [1.82, 2.24) is 19.8 Å². The van der Waals surface area contributed by atoms with Crippen LogP contribution in [0.3, 0.4) is 0 Å². The number of imidazole rings is 1. The molecule has 1 fully saturated rings. The SMILES string of the molecule is CC(CN1CCC(n2c(=O)[nH]c3c(F)cccc32)CC1)NC(=O)c1ccc2ccccc2c1. The van der Waals surface area contributed by atoms with Gasteiger partial charge in [0.15, 0.2) is 0 Å². The van der Waals surface area contributed by atoms with Gasteiger partial charge in [-0.25, -0.2) is 9.18 Å². The maximum Gasteiger partial charge on any atom is 0.326 e. The molecule has 2 heterocycles. The number of fused-ring (bicyclic) bond motifs is 2. The van der Waals surface area contributed by atoms with Crippen LogP contribution >= 0.6 is 0 Å². The molecule has 170 valence electrons. The lowest BCUT2D eigenvalue weighted by molar-refractivity contribution is 0.0921. The van der Waals surface area contributed by atoms with E-state index in [-0.39, 0.29) is 29.2 Å². The van der Waals surface area contributed by atoms with Crippen LogP contribution in [-0.4, -0.2) is 46.0 Å². The molecule has 6 nitrogen and oxygen atoms in total. The number of carbonyl (C=O) groups is 1. The van der Waals surface area contributed by atoms with Crippen molar-refractivity contribution in [2.24, 2.45) is 0 Å². The molecule has 1 aliphatic heterocycles. The highest BCUT2D eigenvalue weighted by Crippen LogP contribution is 2.26. The molecule has 0 bridgehead atoms. The number of amides is 1.